The molecule has 0 saturated carbocycles. The van der Waals surface area contributed by atoms with Gasteiger partial charge in [0, 0.05) is 12.6 Å². The van der Waals surface area contributed by atoms with Crippen LogP contribution in [-0.4, -0.2) is 55.2 Å². The monoisotopic (exact) mass is 303 g/mol. The Morgan fingerprint density at radius 3 is 2.45 bits per heavy atom. The summed E-state index contributed by atoms with van der Waals surface area (Å²) in [5.74, 6) is -1.05. The minimum absolute atomic E-state index is 0.396. The lowest BCUT2D eigenvalue weighted by molar-refractivity contribution is -0.149. The van der Waals surface area contributed by atoms with Crippen molar-refractivity contribution in [2.75, 3.05) is 7.05 Å². The van der Waals surface area contributed by atoms with Crippen molar-refractivity contribution in [1.82, 2.24) is 25.1 Å². The van der Waals surface area contributed by atoms with Gasteiger partial charge in [-0.15, -0.1) is 10.2 Å². The molecule has 1 aromatic carbocycles. The van der Waals surface area contributed by atoms with Crippen LogP contribution in [0.2, 0.25) is 0 Å². The summed E-state index contributed by atoms with van der Waals surface area (Å²) < 4.78 is 0. The smallest absolute Gasteiger partial charge is 0.326 e. The van der Waals surface area contributed by atoms with E-state index in [1.807, 2.05) is 30.3 Å². The zero-order chi connectivity index (χ0) is 16.3. The van der Waals surface area contributed by atoms with E-state index in [1.54, 1.807) is 6.92 Å². The van der Waals surface area contributed by atoms with E-state index >= 15 is 0 Å². The van der Waals surface area contributed by atoms with Crippen LogP contribution in [0.15, 0.2) is 30.3 Å². The molecule has 0 bridgehead atoms. The van der Waals surface area contributed by atoms with Crippen molar-refractivity contribution in [2.45, 2.75) is 25.9 Å². The van der Waals surface area contributed by atoms with E-state index in [0.717, 1.165) is 10.5 Å². The third-order valence-electron chi connectivity index (χ3n) is 3.45. The molecule has 1 heterocycles. The quantitative estimate of drug-likeness (QED) is 0.878. The number of hydrogen-bond donors (Lipinski definition) is 1. The van der Waals surface area contributed by atoms with Crippen LogP contribution in [0.1, 0.15) is 19.9 Å². The number of nitrogens with zero attached hydrogens (tertiary/aromatic N) is 5. The second-order valence-corrected chi connectivity index (χ2v) is 4.94. The predicted molar refractivity (Wildman–Crippen MR) is 77.8 cm³/mol. The molecule has 8 nitrogen and oxygen atoms in total. The Kier molecular flexibility index (Phi) is 4.50. The first-order valence-corrected chi connectivity index (χ1v) is 6.76. The maximum absolute atomic E-state index is 12.3. The SMILES string of the molecule is CC(C(=O)O)N(C)C(=O)C(C)n1nnc(-c2ccccc2)n1. The molecule has 2 rings (SSSR count). The topological polar surface area (TPSA) is 101 Å². The molecule has 116 valence electrons. The van der Waals surface area contributed by atoms with E-state index < -0.39 is 24.0 Å². The average Bonchev–Trinajstić information content (AvgIpc) is 3.02. The Balaban J connectivity index is 2.17. The van der Waals surface area contributed by atoms with E-state index in [-0.39, 0.29) is 0 Å². The third-order valence-corrected chi connectivity index (χ3v) is 3.45. The van der Waals surface area contributed by atoms with Crippen LogP contribution in [0, 0.1) is 0 Å². The summed E-state index contributed by atoms with van der Waals surface area (Å²) >= 11 is 0. The first-order valence-electron chi connectivity index (χ1n) is 6.76. The normalized spacial score (nSPS) is 13.4. The standard InChI is InChI=1S/C14H17N5O3/c1-9(13(20)18(3)10(2)14(21)22)19-16-12(15-17-19)11-7-5-4-6-8-11/h4-10H,1-3H3,(H,21,22). The fraction of sp³-hybridized carbons (Fsp3) is 0.357. The Morgan fingerprint density at radius 2 is 1.86 bits per heavy atom. The molecular formula is C14H17N5O3. The van der Waals surface area contributed by atoms with Crippen molar-refractivity contribution in [3.05, 3.63) is 30.3 Å². The predicted octanol–water partition coefficient (Wildman–Crippen LogP) is 0.833. The lowest BCUT2D eigenvalue weighted by Gasteiger charge is -2.24. The molecule has 0 radical (unpaired) electrons. The molecule has 0 aliphatic carbocycles. The second-order valence-electron chi connectivity index (χ2n) is 4.94. The maximum Gasteiger partial charge on any atom is 0.326 e. The molecule has 1 aromatic heterocycles. The molecule has 22 heavy (non-hydrogen) atoms. The molecule has 2 unspecified atom stereocenters. The highest BCUT2D eigenvalue weighted by Crippen LogP contribution is 2.15. The molecular weight excluding hydrogens is 286 g/mol. The minimum Gasteiger partial charge on any atom is -0.480 e. The summed E-state index contributed by atoms with van der Waals surface area (Å²) in [6.07, 6.45) is 0. The number of carboxylic acid groups (broad SMARTS) is 1. The number of tetrazole rings is 1. The Bertz CT molecular complexity index is 670. The van der Waals surface area contributed by atoms with Crippen molar-refractivity contribution in [1.29, 1.82) is 0 Å². The van der Waals surface area contributed by atoms with E-state index in [1.165, 1.54) is 18.8 Å². The number of amides is 1. The van der Waals surface area contributed by atoms with Crippen molar-refractivity contribution < 1.29 is 14.7 Å². The summed E-state index contributed by atoms with van der Waals surface area (Å²) in [5.41, 5.74) is 0.792. The number of benzene rings is 1. The van der Waals surface area contributed by atoms with Gasteiger partial charge in [0.25, 0.3) is 0 Å². The van der Waals surface area contributed by atoms with Crippen molar-refractivity contribution in [2.24, 2.45) is 0 Å². The number of aliphatic carboxylic acids is 1. The molecule has 1 N–H and O–H groups in total. The van der Waals surface area contributed by atoms with Gasteiger partial charge in [-0.2, -0.15) is 4.80 Å². The molecule has 2 atom stereocenters. The van der Waals surface area contributed by atoms with Crippen LogP contribution in [0.5, 0.6) is 0 Å². The Hall–Kier alpha value is -2.77. The van der Waals surface area contributed by atoms with Gasteiger partial charge in [-0.1, -0.05) is 30.3 Å². The molecule has 0 fully saturated rings. The largest absolute Gasteiger partial charge is 0.480 e. The van der Waals surface area contributed by atoms with Crippen LogP contribution in [0.3, 0.4) is 0 Å². The first kappa shape index (κ1) is 15.6. The van der Waals surface area contributed by atoms with Gasteiger partial charge in [-0.3, -0.25) is 4.79 Å². The molecule has 8 heteroatoms. The molecule has 0 spiro atoms. The number of carbonyl (C=O) groups excluding carboxylic acids is 1. The third kappa shape index (κ3) is 3.11. The minimum atomic E-state index is -1.07. The van der Waals surface area contributed by atoms with Crippen molar-refractivity contribution in [3.63, 3.8) is 0 Å². The van der Waals surface area contributed by atoms with Gasteiger partial charge in [0.15, 0.2) is 0 Å². The molecule has 0 aliphatic heterocycles. The summed E-state index contributed by atoms with van der Waals surface area (Å²) in [4.78, 5) is 25.6. The van der Waals surface area contributed by atoms with Gasteiger partial charge in [-0.25, -0.2) is 4.79 Å². The molecule has 2 aromatic rings. The maximum atomic E-state index is 12.3. The van der Waals surface area contributed by atoms with Crippen LogP contribution >= 0.6 is 0 Å². The Labute approximate surface area is 127 Å². The number of rotatable bonds is 5. The van der Waals surface area contributed by atoms with Gasteiger partial charge >= 0.3 is 5.97 Å². The fourth-order valence-corrected chi connectivity index (χ4v) is 1.84. The van der Waals surface area contributed by atoms with Crippen LogP contribution in [-0.2, 0) is 9.59 Å². The molecule has 1 amide bonds. The van der Waals surface area contributed by atoms with Gasteiger partial charge in [0.2, 0.25) is 11.7 Å². The lowest BCUT2D eigenvalue weighted by atomic mass is 10.2. The highest BCUT2D eigenvalue weighted by Gasteiger charge is 2.28. The lowest BCUT2D eigenvalue weighted by Crippen LogP contribution is -2.43. The zero-order valence-corrected chi connectivity index (χ0v) is 12.5. The van der Waals surface area contributed by atoms with Gasteiger partial charge in [-0.05, 0) is 19.1 Å². The summed E-state index contributed by atoms with van der Waals surface area (Å²) in [6.45, 7) is 3.04. The number of likely N-dealkylation sites (N-methyl/N-ethyl adjacent to an activating group) is 1. The first-order chi connectivity index (χ1) is 10.4. The van der Waals surface area contributed by atoms with E-state index in [9.17, 15) is 9.59 Å². The Morgan fingerprint density at radius 1 is 1.23 bits per heavy atom. The average molecular weight is 303 g/mol. The molecule has 0 aliphatic rings. The number of hydrogen-bond acceptors (Lipinski definition) is 5. The van der Waals surface area contributed by atoms with Crippen LogP contribution in [0.4, 0.5) is 0 Å². The summed E-state index contributed by atoms with van der Waals surface area (Å²) in [6, 6.07) is 7.60. The highest BCUT2D eigenvalue weighted by atomic mass is 16.4. The van der Waals surface area contributed by atoms with Crippen molar-refractivity contribution in [3.8, 4) is 11.4 Å². The number of carbonyl (C=O) groups is 2. The van der Waals surface area contributed by atoms with E-state index in [0.29, 0.717) is 5.82 Å². The van der Waals surface area contributed by atoms with Gasteiger partial charge in [0.1, 0.15) is 12.1 Å². The zero-order valence-electron chi connectivity index (χ0n) is 12.5. The van der Waals surface area contributed by atoms with E-state index in [2.05, 4.69) is 15.4 Å². The number of aromatic nitrogens is 4. The summed E-state index contributed by atoms with van der Waals surface area (Å²) in [5, 5.41) is 21.0. The second kappa shape index (κ2) is 6.33. The van der Waals surface area contributed by atoms with E-state index in [4.69, 9.17) is 5.11 Å². The molecule has 0 saturated heterocycles. The highest BCUT2D eigenvalue weighted by molar-refractivity contribution is 5.85. The van der Waals surface area contributed by atoms with Gasteiger partial charge < -0.3 is 10.0 Å². The van der Waals surface area contributed by atoms with Gasteiger partial charge in [0.05, 0.1) is 0 Å². The fourth-order valence-electron chi connectivity index (χ4n) is 1.84. The van der Waals surface area contributed by atoms with Crippen LogP contribution < -0.4 is 0 Å². The van der Waals surface area contributed by atoms with Crippen molar-refractivity contribution >= 4 is 11.9 Å². The summed E-state index contributed by atoms with van der Waals surface area (Å²) in [7, 11) is 1.44. The number of carboxylic acids is 1. The van der Waals surface area contributed by atoms with Crippen LogP contribution in [0.25, 0.3) is 11.4 Å².